The Balaban J connectivity index is 2.11. The van der Waals surface area contributed by atoms with Gasteiger partial charge in [0, 0.05) is 28.9 Å². The van der Waals surface area contributed by atoms with Crippen LogP contribution in [0, 0.1) is 5.41 Å². The minimum absolute atomic E-state index is 0.239. The number of hydrogen-bond acceptors (Lipinski definition) is 4. The largest absolute Gasteiger partial charge is 0.467 e. The average Bonchev–Trinajstić information content (AvgIpc) is 3.02. The zero-order valence-corrected chi connectivity index (χ0v) is 16.4. The molecule has 2 rings (SSSR count). The summed E-state index contributed by atoms with van der Waals surface area (Å²) in [5, 5.41) is 6.33. The molecule has 0 aliphatic rings. The number of methoxy groups -OCH3 is 1. The molecule has 7 heteroatoms. The van der Waals surface area contributed by atoms with Crippen LogP contribution < -0.4 is 10.6 Å². The van der Waals surface area contributed by atoms with E-state index >= 15 is 0 Å². The Bertz CT molecular complexity index is 835. The Morgan fingerprint density at radius 1 is 1.15 bits per heavy atom. The second-order valence-corrected chi connectivity index (χ2v) is 7.59. The fraction of sp³-hybridized carbons (Fsp3) is 0.450. The first-order valence-electron chi connectivity index (χ1n) is 8.87. The van der Waals surface area contributed by atoms with Gasteiger partial charge in [-0.1, -0.05) is 39.0 Å². The minimum atomic E-state index is -0.851. The van der Waals surface area contributed by atoms with Gasteiger partial charge in [-0.15, -0.1) is 0 Å². The lowest BCUT2D eigenvalue weighted by Crippen LogP contribution is -2.52. The standard InChI is InChI=1S/C20H27N3O4/c1-12(22-19(26)20(2,3)4)17(24)23-16(18(25)27-5)10-13-11-21-15-9-7-6-8-14(13)15/h6-9,11-12,16,21H,10H2,1-5H3,(H,22,26)(H,23,24)/t12-,16-/m0/s1. The van der Waals surface area contributed by atoms with Crippen molar-refractivity contribution < 1.29 is 19.1 Å². The molecule has 0 aliphatic carbocycles. The Morgan fingerprint density at radius 2 is 1.81 bits per heavy atom. The van der Waals surface area contributed by atoms with Crippen molar-refractivity contribution in [1.29, 1.82) is 0 Å². The second kappa shape index (κ2) is 8.24. The van der Waals surface area contributed by atoms with Crippen LogP contribution in [0.4, 0.5) is 0 Å². The van der Waals surface area contributed by atoms with Gasteiger partial charge in [0.1, 0.15) is 12.1 Å². The molecule has 0 radical (unpaired) electrons. The van der Waals surface area contributed by atoms with E-state index in [0.29, 0.717) is 0 Å². The molecular formula is C20H27N3O4. The number of fused-ring (bicyclic) bond motifs is 1. The van der Waals surface area contributed by atoms with E-state index in [1.807, 2.05) is 30.5 Å². The van der Waals surface area contributed by atoms with E-state index < -0.39 is 29.4 Å². The summed E-state index contributed by atoms with van der Waals surface area (Å²) in [6, 6.07) is 6.10. The van der Waals surface area contributed by atoms with Crippen LogP contribution in [-0.4, -0.2) is 42.0 Å². The molecule has 2 amide bonds. The quantitative estimate of drug-likeness (QED) is 0.674. The molecule has 1 aromatic heterocycles. The van der Waals surface area contributed by atoms with Gasteiger partial charge in [-0.05, 0) is 18.6 Å². The van der Waals surface area contributed by atoms with Crippen LogP contribution in [0.25, 0.3) is 10.9 Å². The molecule has 0 bridgehead atoms. The van der Waals surface area contributed by atoms with Crippen LogP contribution in [-0.2, 0) is 25.5 Å². The van der Waals surface area contributed by atoms with Crippen molar-refractivity contribution in [3.8, 4) is 0 Å². The van der Waals surface area contributed by atoms with Gasteiger partial charge in [0.25, 0.3) is 0 Å². The molecule has 2 aromatic rings. The second-order valence-electron chi connectivity index (χ2n) is 7.59. The number of ether oxygens (including phenoxy) is 1. The summed E-state index contributed by atoms with van der Waals surface area (Å²) in [5.41, 5.74) is 1.24. The van der Waals surface area contributed by atoms with Crippen molar-refractivity contribution in [2.75, 3.05) is 7.11 Å². The van der Waals surface area contributed by atoms with Crippen molar-refractivity contribution in [2.24, 2.45) is 5.41 Å². The number of hydrogen-bond donors (Lipinski definition) is 3. The van der Waals surface area contributed by atoms with Gasteiger partial charge in [0.15, 0.2) is 0 Å². The van der Waals surface area contributed by atoms with E-state index in [0.717, 1.165) is 16.5 Å². The Morgan fingerprint density at radius 3 is 2.44 bits per heavy atom. The number of aromatic amines is 1. The van der Waals surface area contributed by atoms with Crippen molar-refractivity contribution in [2.45, 2.75) is 46.2 Å². The number of amides is 2. The van der Waals surface area contributed by atoms with Crippen LogP contribution in [0.2, 0.25) is 0 Å². The average molecular weight is 373 g/mol. The fourth-order valence-corrected chi connectivity index (χ4v) is 2.63. The van der Waals surface area contributed by atoms with Gasteiger partial charge < -0.3 is 20.4 Å². The third kappa shape index (κ3) is 5.09. The maximum absolute atomic E-state index is 12.5. The topological polar surface area (TPSA) is 100 Å². The molecule has 0 saturated heterocycles. The molecule has 146 valence electrons. The van der Waals surface area contributed by atoms with Crippen molar-refractivity contribution >= 4 is 28.7 Å². The van der Waals surface area contributed by atoms with Crippen LogP contribution >= 0.6 is 0 Å². The van der Waals surface area contributed by atoms with Gasteiger partial charge in [-0.25, -0.2) is 4.79 Å². The molecule has 0 aliphatic heterocycles. The summed E-state index contributed by atoms with van der Waals surface area (Å²) in [7, 11) is 1.28. The number of rotatable bonds is 6. The van der Waals surface area contributed by atoms with Gasteiger partial charge in [-0.2, -0.15) is 0 Å². The van der Waals surface area contributed by atoms with Crippen LogP contribution in [0.15, 0.2) is 30.5 Å². The number of para-hydroxylation sites is 1. The molecule has 1 heterocycles. The molecule has 7 nitrogen and oxygen atoms in total. The van der Waals surface area contributed by atoms with E-state index in [1.54, 1.807) is 27.7 Å². The Hall–Kier alpha value is -2.83. The Kier molecular flexibility index (Phi) is 6.25. The summed E-state index contributed by atoms with van der Waals surface area (Å²) in [5.74, 6) is -1.22. The molecule has 27 heavy (non-hydrogen) atoms. The summed E-state index contributed by atoms with van der Waals surface area (Å²) < 4.78 is 4.84. The zero-order chi connectivity index (χ0) is 20.2. The monoisotopic (exact) mass is 373 g/mol. The van der Waals surface area contributed by atoms with E-state index in [-0.39, 0.29) is 12.3 Å². The van der Waals surface area contributed by atoms with E-state index in [1.165, 1.54) is 7.11 Å². The maximum Gasteiger partial charge on any atom is 0.328 e. The third-order valence-electron chi connectivity index (χ3n) is 4.32. The van der Waals surface area contributed by atoms with Gasteiger partial charge in [0.2, 0.25) is 11.8 Å². The number of H-pyrrole nitrogens is 1. The molecular weight excluding hydrogens is 346 g/mol. The van der Waals surface area contributed by atoms with E-state index in [4.69, 9.17) is 4.74 Å². The molecule has 0 fully saturated rings. The molecule has 0 spiro atoms. The molecule has 0 saturated carbocycles. The van der Waals surface area contributed by atoms with E-state index in [9.17, 15) is 14.4 Å². The first-order valence-corrected chi connectivity index (χ1v) is 8.87. The number of aromatic nitrogens is 1. The highest BCUT2D eigenvalue weighted by Crippen LogP contribution is 2.19. The lowest BCUT2D eigenvalue weighted by molar-refractivity contribution is -0.145. The van der Waals surface area contributed by atoms with Crippen LogP contribution in [0.1, 0.15) is 33.3 Å². The lowest BCUT2D eigenvalue weighted by Gasteiger charge is -2.23. The van der Waals surface area contributed by atoms with Crippen molar-refractivity contribution in [3.63, 3.8) is 0 Å². The van der Waals surface area contributed by atoms with Gasteiger partial charge in [-0.3, -0.25) is 9.59 Å². The van der Waals surface area contributed by atoms with Crippen molar-refractivity contribution in [3.05, 3.63) is 36.0 Å². The predicted octanol–water partition coefficient (Wildman–Crippen LogP) is 1.92. The highest BCUT2D eigenvalue weighted by atomic mass is 16.5. The number of carbonyl (C=O) groups is 3. The predicted molar refractivity (Wildman–Crippen MR) is 103 cm³/mol. The molecule has 2 atom stereocenters. The van der Waals surface area contributed by atoms with E-state index in [2.05, 4.69) is 15.6 Å². The molecule has 3 N–H and O–H groups in total. The number of nitrogens with one attached hydrogen (secondary N) is 3. The summed E-state index contributed by atoms with van der Waals surface area (Å²) in [6.07, 6.45) is 2.10. The van der Waals surface area contributed by atoms with Crippen LogP contribution in [0.3, 0.4) is 0 Å². The summed E-state index contributed by atoms with van der Waals surface area (Å²) >= 11 is 0. The normalized spacial score (nSPS) is 13.7. The zero-order valence-electron chi connectivity index (χ0n) is 16.4. The van der Waals surface area contributed by atoms with Gasteiger partial charge in [0.05, 0.1) is 7.11 Å². The van der Waals surface area contributed by atoms with Crippen LogP contribution in [0.5, 0.6) is 0 Å². The highest BCUT2D eigenvalue weighted by molar-refractivity contribution is 5.92. The first-order chi connectivity index (χ1) is 12.6. The Labute approximate surface area is 158 Å². The number of carbonyl (C=O) groups excluding carboxylic acids is 3. The highest BCUT2D eigenvalue weighted by Gasteiger charge is 2.28. The summed E-state index contributed by atoms with van der Waals surface area (Å²) in [6.45, 7) is 6.88. The number of esters is 1. The maximum atomic E-state index is 12.5. The SMILES string of the molecule is COC(=O)[C@H](Cc1c[nH]c2ccccc12)NC(=O)[C@H](C)NC(=O)C(C)(C)C. The smallest absolute Gasteiger partial charge is 0.328 e. The van der Waals surface area contributed by atoms with Crippen molar-refractivity contribution in [1.82, 2.24) is 15.6 Å². The fourth-order valence-electron chi connectivity index (χ4n) is 2.63. The minimum Gasteiger partial charge on any atom is -0.467 e. The summed E-state index contributed by atoms with van der Waals surface area (Å²) in [4.78, 5) is 39.9. The molecule has 0 unspecified atom stereocenters. The lowest BCUT2D eigenvalue weighted by atomic mass is 9.95. The molecule has 1 aromatic carbocycles. The first kappa shape index (κ1) is 20.5. The number of benzene rings is 1. The third-order valence-corrected chi connectivity index (χ3v) is 4.32. The van der Waals surface area contributed by atoms with Gasteiger partial charge >= 0.3 is 5.97 Å².